The molecule has 3 N–H and O–H groups in total. The van der Waals surface area contributed by atoms with Crippen LogP contribution in [0.1, 0.15) is 10.4 Å². The van der Waals surface area contributed by atoms with Crippen molar-refractivity contribution in [3.63, 3.8) is 0 Å². The van der Waals surface area contributed by atoms with Gasteiger partial charge >= 0.3 is 0 Å². The van der Waals surface area contributed by atoms with Gasteiger partial charge in [0.15, 0.2) is 5.96 Å². The third-order valence-corrected chi connectivity index (χ3v) is 3.87. The fourth-order valence-electron chi connectivity index (χ4n) is 1.85. The number of thiophene rings is 1. The summed E-state index contributed by atoms with van der Waals surface area (Å²) in [5.74, 6) is -0.766. The topological polar surface area (TPSA) is 50.4 Å². The van der Waals surface area contributed by atoms with E-state index in [1.54, 1.807) is 11.3 Å². The average Bonchev–Trinajstić information content (AvgIpc) is 2.94. The van der Waals surface area contributed by atoms with E-state index in [2.05, 4.69) is 16.4 Å². The van der Waals surface area contributed by atoms with Gasteiger partial charge in [0.1, 0.15) is 11.6 Å². The smallest absolute Gasteiger partial charge is 0.188 e. The van der Waals surface area contributed by atoms with E-state index in [1.165, 1.54) is 17.0 Å². The van der Waals surface area contributed by atoms with E-state index in [-0.39, 0.29) is 0 Å². The first kappa shape index (κ1) is 15.4. The summed E-state index contributed by atoms with van der Waals surface area (Å²) >= 11 is 1.69. The summed E-state index contributed by atoms with van der Waals surface area (Å²) < 4.78 is 26.2. The summed E-state index contributed by atoms with van der Waals surface area (Å²) in [7, 11) is 0. The largest absolute Gasteiger partial charge is 0.370 e. The maximum Gasteiger partial charge on any atom is 0.188 e. The lowest BCUT2D eigenvalue weighted by atomic mass is 10.1. The highest BCUT2D eigenvalue weighted by Gasteiger charge is 2.03. The Hall–Kier alpha value is -1.95. The number of halogens is 2. The van der Waals surface area contributed by atoms with Crippen LogP contribution in [0, 0.1) is 11.6 Å². The van der Waals surface area contributed by atoms with Crippen molar-refractivity contribution in [2.45, 2.75) is 12.8 Å². The predicted molar refractivity (Wildman–Crippen MR) is 82.6 cm³/mol. The number of hydrogen-bond acceptors (Lipinski definition) is 2. The Kier molecular flexibility index (Phi) is 5.68. The van der Waals surface area contributed by atoms with Crippen molar-refractivity contribution in [2.24, 2.45) is 10.7 Å². The summed E-state index contributed by atoms with van der Waals surface area (Å²) in [5.41, 5.74) is 6.18. The second-order valence-electron chi connectivity index (χ2n) is 4.51. The first-order chi connectivity index (χ1) is 10.1. The average molecular weight is 309 g/mol. The molecule has 21 heavy (non-hydrogen) atoms. The van der Waals surface area contributed by atoms with Crippen molar-refractivity contribution in [1.29, 1.82) is 0 Å². The number of nitrogens with two attached hydrogens (primary N) is 1. The third kappa shape index (κ3) is 5.15. The Morgan fingerprint density at radius 2 is 2.10 bits per heavy atom. The highest BCUT2D eigenvalue weighted by molar-refractivity contribution is 7.09. The van der Waals surface area contributed by atoms with Gasteiger partial charge in [0.25, 0.3) is 0 Å². The van der Waals surface area contributed by atoms with E-state index in [9.17, 15) is 8.78 Å². The number of rotatable bonds is 6. The molecular weight excluding hydrogens is 292 g/mol. The molecule has 0 aliphatic heterocycles. The van der Waals surface area contributed by atoms with Crippen molar-refractivity contribution >= 4 is 17.3 Å². The van der Waals surface area contributed by atoms with Crippen molar-refractivity contribution in [1.82, 2.24) is 5.32 Å². The summed E-state index contributed by atoms with van der Waals surface area (Å²) in [6.07, 6.45) is 1.28. The van der Waals surface area contributed by atoms with Crippen LogP contribution in [0.4, 0.5) is 8.78 Å². The van der Waals surface area contributed by atoms with Crippen LogP contribution in [-0.2, 0) is 12.8 Å². The standard InChI is InChI=1S/C15H17F2N3S/c16-12-4-3-11(14(17)10-12)5-7-19-15(18)20-8-6-13-2-1-9-21-13/h1-4,9-10H,5-8H2,(H3,18,19,20). The number of benzene rings is 1. The van der Waals surface area contributed by atoms with Gasteiger partial charge in [-0.15, -0.1) is 11.3 Å². The predicted octanol–water partition coefficient (Wildman–Crippen LogP) is 2.72. The van der Waals surface area contributed by atoms with Gasteiger partial charge in [0.05, 0.1) is 0 Å². The van der Waals surface area contributed by atoms with Crippen LogP contribution in [0.5, 0.6) is 0 Å². The third-order valence-electron chi connectivity index (χ3n) is 2.94. The Bertz CT molecular complexity index is 597. The van der Waals surface area contributed by atoms with Gasteiger partial charge in [-0.2, -0.15) is 0 Å². The van der Waals surface area contributed by atoms with Crippen LogP contribution < -0.4 is 11.1 Å². The minimum atomic E-state index is -0.570. The van der Waals surface area contributed by atoms with Gasteiger partial charge in [-0.05, 0) is 29.5 Å². The molecule has 0 unspecified atom stereocenters. The van der Waals surface area contributed by atoms with E-state index in [0.717, 1.165) is 12.5 Å². The molecule has 112 valence electrons. The summed E-state index contributed by atoms with van der Waals surface area (Å²) in [5, 5.41) is 4.95. The normalized spacial score (nSPS) is 11.6. The lowest BCUT2D eigenvalue weighted by molar-refractivity contribution is 0.571. The van der Waals surface area contributed by atoms with E-state index < -0.39 is 11.6 Å². The zero-order valence-electron chi connectivity index (χ0n) is 11.5. The number of guanidine groups is 1. The molecular formula is C15H17F2N3S. The first-order valence-electron chi connectivity index (χ1n) is 6.65. The van der Waals surface area contributed by atoms with Crippen molar-refractivity contribution in [2.75, 3.05) is 13.1 Å². The molecule has 0 spiro atoms. The number of hydrogen-bond donors (Lipinski definition) is 2. The van der Waals surface area contributed by atoms with Crippen molar-refractivity contribution in [3.8, 4) is 0 Å². The number of nitrogens with zero attached hydrogens (tertiary/aromatic N) is 1. The molecule has 0 radical (unpaired) electrons. The van der Waals surface area contributed by atoms with Gasteiger partial charge in [-0.25, -0.2) is 8.78 Å². The van der Waals surface area contributed by atoms with Gasteiger partial charge in [0, 0.05) is 30.5 Å². The van der Waals surface area contributed by atoms with Crippen LogP contribution in [0.3, 0.4) is 0 Å². The van der Waals surface area contributed by atoms with E-state index in [0.29, 0.717) is 31.0 Å². The maximum atomic E-state index is 13.4. The Morgan fingerprint density at radius 1 is 1.24 bits per heavy atom. The quantitative estimate of drug-likeness (QED) is 0.637. The molecule has 0 aliphatic carbocycles. The summed E-state index contributed by atoms with van der Waals surface area (Å²) in [6.45, 7) is 1.07. The molecule has 1 aromatic carbocycles. The Labute approximate surface area is 126 Å². The van der Waals surface area contributed by atoms with Gasteiger partial charge in [0.2, 0.25) is 0 Å². The second-order valence-corrected chi connectivity index (χ2v) is 5.54. The highest BCUT2D eigenvalue weighted by Crippen LogP contribution is 2.10. The molecule has 1 heterocycles. The molecule has 0 atom stereocenters. The minimum Gasteiger partial charge on any atom is -0.370 e. The second kappa shape index (κ2) is 7.73. The van der Waals surface area contributed by atoms with Crippen LogP contribution in [0.2, 0.25) is 0 Å². The molecule has 6 heteroatoms. The van der Waals surface area contributed by atoms with Crippen LogP contribution in [-0.4, -0.2) is 19.0 Å². The molecule has 0 aliphatic rings. The molecule has 0 saturated heterocycles. The molecule has 0 saturated carbocycles. The zero-order chi connectivity index (χ0) is 15.1. The molecule has 1 aromatic heterocycles. The van der Waals surface area contributed by atoms with Crippen LogP contribution in [0.25, 0.3) is 0 Å². The summed E-state index contributed by atoms with van der Waals surface area (Å²) in [6, 6.07) is 7.63. The van der Waals surface area contributed by atoms with Gasteiger partial charge in [-0.3, -0.25) is 4.99 Å². The van der Waals surface area contributed by atoms with E-state index >= 15 is 0 Å². The Balaban J connectivity index is 1.72. The first-order valence-corrected chi connectivity index (χ1v) is 7.53. The zero-order valence-corrected chi connectivity index (χ0v) is 12.3. The van der Waals surface area contributed by atoms with Crippen molar-refractivity contribution in [3.05, 3.63) is 57.8 Å². The van der Waals surface area contributed by atoms with Crippen LogP contribution in [0.15, 0.2) is 40.7 Å². The molecule has 0 amide bonds. The Morgan fingerprint density at radius 3 is 2.81 bits per heavy atom. The SMILES string of the molecule is NC(=NCCc1cccs1)NCCc1ccc(F)cc1F. The number of nitrogens with one attached hydrogen (secondary N) is 1. The minimum absolute atomic E-state index is 0.342. The fraction of sp³-hybridized carbons (Fsp3) is 0.267. The van der Waals surface area contributed by atoms with Gasteiger partial charge in [-0.1, -0.05) is 12.1 Å². The molecule has 0 fully saturated rings. The lowest BCUT2D eigenvalue weighted by Gasteiger charge is -2.06. The van der Waals surface area contributed by atoms with E-state index in [4.69, 9.17) is 5.73 Å². The van der Waals surface area contributed by atoms with E-state index in [1.807, 2.05) is 11.4 Å². The number of aliphatic imine (C=N–C) groups is 1. The maximum absolute atomic E-state index is 13.4. The van der Waals surface area contributed by atoms with Crippen LogP contribution >= 0.6 is 11.3 Å². The fourth-order valence-corrected chi connectivity index (χ4v) is 2.55. The highest BCUT2D eigenvalue weighted by atomic mass is 32.1. The summed E-state index contributed by atoms with van der Waals surface area (Å²) in [4.78, 5) is 5.47. The lowest BCUT2D eigenvalue weighted by Crippen LogP contribution is -2.33. The van der Waals surface area contributed by atoms with Gasteiger partial charge < -0.3 is 11.1 Å². The molecule has 2 rings (SSSR count). The van der Waals surface area contributed by atoms with Crippen molar-refractivity contribution < 1.29 is 8.78 Å². The molecule has 3 nitrogen and oxygen atoms in total. The monoisotopic (exact) mass is 309 g/mol. The molecule has 2 aromatic rings. The molecule has 0 bridgehead atoms.